The molecule has 2 rings (SSSR count). The predicted octanol–water partition coefficient (Wildman–Crippen LogP) is 4.04. The topological polar surface area (TPSA) is 35.2 Å². The van der Waals surface area contributed by atoms with Gasteiger partial charge in [-0.2, -0.15) is 0 Å². The molecule has 0 heterocycles. The standard InChI is InChI=1S/C15H20F3NO/c1-11-6-8-14(19,9-7-11)10-12-2-4-13(5-3-12)20-15(16,17)18/h2-5,11H,6-10,19H2,1H3. The van der Waals surface area contributed by atoms with Crippen LogP contribution in [-0.2, 0) is 6.42 Å². The van der Waals surface area contributed by atoms with E-state index in [1.54, 1.807) is 12.1 Å². The predicted molar refractivity (Wildman–Crippen MR) is 71.4 cm³/mol. The molecule has 0 spiro atoms. The zero-order valence-corrected chi connectivity index (χ0v) is 11.5. The molecule has 1 aliphatic carbocycles. The Bertz CT molecular complexity index is 433. The molecule has 2 N–H and O–H groups in total. The third-order valence-electron chi connectivity index (χ3n) is 3.98. The van der Waals surface area contributed by atoms with Crippen molar-refractivity contribution in [3.05, 3.63) is 29.8 Å². The lowest BCUT2D eigenvalue weighted by Gasteiger charge is -2.36. The number of hydrogen-bond donors (Lipinski definition) is 1. The number of halogens is 3. The monoisotopic (exact) mass is 287 g/mol. The summed E-state index contributed by atoms with van der Waals surface area (Å²) in [5.74, 6) is 0.527. The molecule has 0 radical (unpaired) electrons. The van der Waals surface area contributed by atoms with Crippen molar-refractivity contribution in [3.63, 3.8) is 0 Å². The van der Waals surface area contributed by atoms with Gasteiger partial charge in [0.15, 0.2) is 0 Å². The Kier molecular flexibility index (Phi) is 4.28. The number of benzene rings is 1. The molecular formula is C15H20F3NO. The van der Waals surface area contributed by atoms with E-state index in [0.717, 1.165) is 31.2 Å². The summed E-state index contributed by atoms with van der Waals surface area (Å²) < 4.78 is 40.1. The minimum atomic E-state index is -4.64. The van der Waals surface area contributed by atoms with Gasteiger partial charge in [0.1, 0.15) is 5.75 Å². The van der Waals surface area contributed by atoms with E-state index in [0.29, 0.717) is 12.3 Å². The van der Waals surface area contributed by atoms with Crippen molar-refractivity contribution in [2.75, 3.05) is 0 Å². The summed E-state index contributed by atoms with van der Waals surface area (Å²) in [4.78, 5) is 0. The van der Waals surface area contributed by atoms with E-state index >= 15 is 0 Å². The first kappa shape index (κ1) is 15.2. The summed E-state index contributed by atoms with van der Waals surface area (Å²) in [6.07, 6.45) is 0.226. The Morgan fingerprint density at radius 3 is 2.25 bits per heavy atom. The molecule has 0 saturated heterocycles. The lowest BCUT2D eigenvalue weighted by molar-refractivity contribution is -0.274. The van der Waals surface area contributed by atoms with Crippen molar-refractivity contribution in [3.8, 4) is 5.75 Å². The van der Waals surface area contributed by atoms with Gasteiger partial charge in [0.05, 0.1) is 0 Å². The third kappa shape index (κ3) is 4.40. The minimum absolute atomic E-state index is 0.190. The van der Waals surface area contributed by atoms with Crippen LogP contribution in [0, 0.1) is 5.92 Å². The minimum Gasteiger partial charge on any atom is -0.406 e. The van der Waals surface area contributed by atoms with E-state index in [1.807, 2.05) is 0 Å². The summed E-state index contributed by atoms with van der Waals surface area (Å²) in [7, 11) is 0. The summed E-state index contributed by atoms with van der Waals surface area (Å²) in [6, 6.07) is 6.01. The summed E-state index contributed by atoms with van der Waals surface area (Å²) in [5.41, 5.74) is 7.11. The molecule has 0 bridgehead atoms. The van der Waals surface area contributed by atoms with Crippen molar-refractivity contribution < 1.29 is 17.9 Å². The molecule has 112 valence electrons. The molecule has 1 saturated carbocycles. The SMILES string of the molecule is CC1CCC(N)(Cc2ccc(OC(F)(F)F)cc2)CC1. The van der Waals surface area contributed by atoms with E-state index < -0.39 is 6.36 Å². The number of ether oxygens (including phenoxy) is 1. The lowest BCUT2D eigenvalue weighted by atomic mass is 9.75. The highest BCUT2D eigenvalue weighted by atomic mass is 19.4. The van der Waals surface area contributed by atoms with Crippen LogP contribution in [0.4, 0.5) is 13.2 Å². The molecular weight excluding hydrogens is 267 g/mol. The second-order valence-electron chi connectivity index (χ2n) is 5.91. The zero-order valence-electron chi connectivity index (χ0n) is 11.5. The fraction of sp³-hybridized carbons (Fsp3) is 0.600. The van der Waals surface area contributed by atoms with Gasteiger partial charge in [-0.05, 0) is 55.7 Å². The molecule has 0 aromatic heterocycles. The van der Waals surface area contributed by atoms with Crippen molar-refractivity contribution in [1.29, 1.82) is 0 Å². The van der Waals surface area contributed by atoms with Crippen molar-refractivity contribution >= 4 is 0 Å². The second kappa shape index (κ2) is 5.64. The van der Waals surface area contributed by atoms with E-state index in [-0.39, 0.29) is 11.3 Å². The van der Waals surface area contributed by atoms with E-state index in [1.165, 1.54) is 12.1 Å². The number of nitrogens with two attached hydrogens (primary N) is 1. The Labute approximate surface area is 117 Å². The molecule has 1 aromatic rings. The Balaban J connectivity index is 1.97. The van der Waals surface area contributed by atoms with Gasteiger partial charge in [-0.3, -0.25) is 0 Å². The maximum Gasteiger partial charge on any atom is 0.573 e. The summed E-state index contributed by atoms with van der Waals surface area (Å²) in [6.45, 7) is 2.23. The first-order chi connectivity index (χ1) is 9.26. The van der Waals surface area contributed by atoms with Crippen molar-refractivity contribution in [2.45, 2.75) is 50.9 Å². The Hall–Kier alpha value is -1.23. The van der Waals surface area contributed by atoms with Gasteiger partial charge in [0.25, 0.3) is 0 Å². The van der Waals surface area contributed by atoms with Gasteiger partial charge in [-0.15, -0.1) is 13.2 Å². The maximum atomic E-state index is 12.1. The first-order valence-electron chi connectivity index (χ1n) is 6.89. The van der Waals surface area contributed by atoms with Crippen LogP contribution < -0.4 is 10.5 Å². The van der Waals surface area contributed by atoms with Crippen LogP contribution in [-0.4, -0.2) is 11.9 Å². The molecule has 1 fully saturated rings. The molecule has 0 aliphatic heterocycles. The quantitative estimate of drug-likeness (QED) is 0.910. The van der Waals surface area contributed by atoms with Gasteiger partial charge < -0.3 is 10.5 Å². The van der Waals surface area contributed by atoms with Gasteiger partial charge in [-0.1, -0.05) is 19.1 Å². The van der Waals surface area contributed by atoms with Crippen LogP contribution in [0.3, 0.4) is 0 Å². The van der Waals surface area contributed by atoms with Crippen LogP contribution in [0.1, 0.15) is 38.2 Å². The highest BCUT2D eigenvalue weighted by molar-refractivity contribution is 5.28. The molecule has 1 aliphatic rings. The van der Waals surface area contributed by atoms with Gasteiger partial charge >= 0.3 is 6.36 Å². The maximum absolute atomic E-state index is 12.1. The number of rotatable bonds is 3. The largest absolute Gasteiger partial charge is 0.573 e. The smallest absolute Gasteiger partial charge is 0.406 e. The molecule has 20 heavy (non-hydrogen) atoms. The van der Waals surface area contributed by atoms with E-state index in [2.05, 4.69) is 11.7 Å². The van der Waals surface area contributed by atoms with Crippen LogP contribution in [0.5, 0.6) is 5.75 Å². The molecule has 0 atom stereocenters. The van der Waals surface area contributed by atoms with Crippen LogP contribution in [0.25, 0.3) is 0 Å². The lowest BCUT2D eigenvalue weighted by Crippen LogP contribution is -2.45. The molecule has 1 aromatic carbocycles. The number of hydrogen-bond acceptors (Lipinski definition) is 2. The molecule has 0 unspecified atom stereocenters. The second-order valence-corrected chi connectivity index (χ2v) is 5.91. The average Bonchev–Trinajstić information content (AvgIpc) is 2.34. The highest BCUT2D eigenvalue weighted by Gasteiger charge is 2.32. The molecule has 5 heteroatoms. The van der Waals surface area contributed by atoms with Gasteiger partial charge in [0.2, 0.25) is 0 Å². The molecule has 0 amide bonds. The van der Waals surface area contributed by atoms with E-state index in [4.69, 9.17) is 5.73 Å². The highest BCUT2D eigenvalue weighted by Crippen LogP contribution is 2.33. The van der Waals surface area contributed by atoms with Crippen molar-refractivity contribution in [2.24, 2.45) is 11.7 Å². The summed E-state index contributed by atoms with van der Waals surface area (Å²) in [5, 5.41) is 0. The fourth-order valence-corrected chi connectivity index (χ4v) is 2.73. The Morgan fingerprint density at radius 1 is 1.20 bits per heavy atom. The van der Waals surface area contributed by atoms with Crippen LogP contribution in [0.15, 0.2) is 24.3 Å². The van der Waals surface area contributed by atoms with E-state index in [9.17, 15) is 13.2 Å². The normalized spacial score (nSPS) is 27.4. The molecule has 2 nitrogen and oxygen atoms in total. The number of alkyl halides is 3. The first-order valence-corrected chi connectivity index (χ1v) is 6.89. The van der Waals surface area contributed by atoms with Crippen LogP contribution in [0.2, 0.25) is 0 Å². The fourth-order valence-electron chi connectivity index (χ4n) is 2.73. The summed E-state index contributed by atoms with van der Waals surface area (Å²) >= 11 is 0. The van der Waals surface area contributed by atoms with Gasteiger partial charge in [0, 0.05) is 5.54 Å². The van der Waals surface area contributed by atoms with Gasteiger partial charge in [-0.25, -0.2) is 0 Å². The van der Waals surface area contributed by atoms with Crippen LogP contribution >= 0.6 is 0 Å². The average molecular weight is 287 g/mol. The zero-order chi connectivity index (χ0) is 14.8. The third-order valence-corrected chi connectivity index (χ3v) is 3.98. The van der Waals surface area contributed by atoms with Crippen molar-refractivity contribution in [1.82, 2.24) is 0 Å². The Morgan fingerprint density at radius 2 is 1.75 bits per heavy atom.